The topological polar surface area (TPSA) is 102 Å². The van der Waals surface area contributed by atoms with Crippen molar-refractivity contribution in [1.29, 1.82) is 0 Å². The summed E-state index contributed by atoms with van der Waals surface area (Å²) in [5.41, 5.74) is 0.709. The number of fused-ring (bicyclic) bond motifs is 1. The summed E-state index contributed by atoms with van der Waals surface area (Å²) >= 11 is 0. The first-order chi connectivity index (χ1) is 11.6. The lowest BCUT2D eigenvalue weighted by atomic mass is 10.3. The average molecular weight is 354 g/mol. The molecule has 24 heavy (non-hydrogen) atoms. The molecule has 1 aliphatic rings. The van der Waals surface area contributed by atoms with Gasteiger partial charge in [0.15, 0.2) is 5.65 Å². The van der Waals surface area contributed by atoms with E-state index in [0.29, 0.717) is 31.8 Å². The summed E-state index contributed by atoms with van der Waals surface area (Å²) in [5, 5.41) is 5.21. The van der Waals surface area contributed by atoms with E-state index in [-0.39, 0.29) is 12.3 Å². The largest absolute Gasteiger partial charge is 0.378 e. The zero-order chi connectivity index (χ0) is 17.0. The molecule has 9 nitrogen and oxygen atoms in total. The number of nitrogens with one attached hydrogen (secondary N) is 1. The van der Waals surface area contributed by atoms with Crippen molar-refractivity contribution in [2.75, 3.05) is 43.5 Å². The molecule has 10 heteroatoms. The van der Waals surface area contributed by atoms with Gasteiger partial charge >= 0.3 is 0 Å². The summed E-state index contributed by atoms with van der Waals surface area (Å²) in [6.07, 6.45) is 3.85. The summed E-state index contributed by atoms with van der Waals surface area (Å²) in [7, 11) is -3.21. The summed E-state index contributed by atoms with van der Waals surface area (Å²) < 4.78 is 33.1. The molecule has 2 aromatic rings. The molecule has 1 fully saturated rings. The van der Waals surface area contributed by atoms with Gasteiger partial charge in [0.1, 0.15) is 12.1 Å². The first-order valence-corrected chi connectivity index (χ1v) is 9.72. The van der Waals surface area contributed by atoms with E-state index in [1.54, 1.807) is 10.9 Å². The number of hydrogen-bond donors (Lipinski definition) is 1. The minimum atomic E-state index is -3.21. The van der Waals surface area contributed by atoms with Crippen LogP contribution < -0.4 is 9.62 Å². The molecular formula is C14H22N6O3S. The molecule has 3 rings (SSSR count). The Morgan fingerprint density at radius 1 is 1.29 bits per heavy atom. The van der Waals surface area contributed by atoms with Gasteiger partial charge in [0.2, 0.25) is 10.0 Å². The zero-order valence-electron chi connectivity index (χ0n) is 13.7. The van der Waals surface area contributed by atoms with Crippen molar-refractivity contribution < 1.29 is 13.2 Å². The van der Waals surface area contributed by atoms with E-state index in [1.807, 2.05) is 6.92 Å². The van der Waals surface area contributed by atoms with Gasteiger partial charge in [-0.2, -0.15) is 5.10 Å². The molecule has 0 radical (unpaired) electrons. The van der Waals surface area contributed by atoms with Crippen LogP contribution in [0.4, 0.5) is 5.82 Å². The Kier molecular flexibility index (Phi) is 5.27. The highest BCUT2D eigenvalue weighted by Gasteiger charge is 2.18. The minimum absolute atomic E-state index is 0.135. The number of rotatable bonds is 7. The lowest BCUT2D eigenvalue weighted by molar-refractivity contribution is 0.122. The molecule has 1 aliphatic heterocycles. The van der Waals surface area contributed by atoms with Gasteiger partial charge in [0.05, 0.1) is 37.1 Å². The number of morpholine rings is 1. The van der Waals surface area contributed by atoms with Gasteiger partial charge in [-0.1, -0.05) is 6.92 Å². The minimum Gasteiger partial charge on any atom is -0.378 e. The Balaban J connectivity index is 1.74. The lowest BCUT2D eigenvalue weighted by Gasteiger charge is -2.27. The van der Waals surface area contributed by atoms with Crippen LogP contribution in [0.3, 0.4) is 0 Å². The van der Waals surface area contributed by atoms with Gasteiger partial charge in [-0.3, -0.25) is 0 Å². The highest BCUT2D eigenvalue weighted by molar-refractivity contribution is 7.89. The number of anilines is 1. The van der Waals surface area contributed by atoms with Crippen molar-refractivity contribution in [1.82, 2.24) is 24.5 Å². The predicted molar refractivity (Wildman–Crippen MR) is 90.4 cm³/mol. The van der Waals surface area contributed by atoms with E-state index < -0.39 is 10.0 Å². The Hall–Kier alpha value is -1.78. The first kappa shape index (κ1) is 17.1. The van der Waals surface area contributed by atoms with Crippen molar-refractivity contribution in [3.8, 4) is 0 Å². The molecule has 0 bridgehead atoms. The molecular weight excluding hydrogens is 332 g/mol. The summed E-state index contributed by atoms with van der Waals surface area (Å²) in [4.78, 5) is 10.8. The number of sulfonamides is 1. The zero-order valence-corrected chi connectivity index (χ0v) is 14.5. The molecule has 0 amide bonds. The summed E-state index contributed by atoms with van der Waals surface area (Å²) in [5.74, 6) is 0.983. The normalized spacial score (nSPS) is 16.0. The van der Waals surface area contributed by atoms with Crippen LogP contribution >= 0.6 is 0 Å². The van der Waals surface area contributed by atoms with Crippen LogP contribution in [0.2, 0.25) is 0 Å². The van der Waals surface area contributed by atoms with Gasteiger partial charge in [-0.25, -0.2) is 27.8 Å². The van der Waals surface area contributed by atoms with E-state index in [1.165, 1.54) is 6.33 Å². The number of nitrogens with zero attached hydrogens (tertiary/aromatic N) is 5. The van der Waals surface area contributed by atoms with Crippen LogP contribution in [0, 0.1) is 0 Å². The van der Waals surface area contributed by atoms with E-state index in [4.69, 9.17) is 4.74 Å². The Labute approximate surface area is 141 Å². The van der Waals surface area contributed by atoms with Crippen molar-refractivity contribution in [2.24, 2.45) is 0 Å². The maximum atomic E-state index is 11.7. The predicted octanol–water partition coefficient (Wildman–Crippen LogP) is -0.00770. The van der Waals surface area contributed by atoms with Gasteiger partial charge in [-0.05, 0) is 6.42 Å². The SMILES string of the molecule is CCCS(=O)(=O)NCCn1ncc2c(N3CCOCC3)ncnc21. The smallest absolute Gasteiger partial charge is 0.211 e. The average Bonchev–Trinajstić information content (AvgIpc) is 2.99. The second-order valence-electron chi connectivity index (χ2n) is 5.61. The number of ether oxygens (including phenoxy) is 1. The maximum absolute atomic E-state index is 11.7. The molecule has 0 unspecified atom stereocenters. The summed E-state index contributed by atoms with van der Waals surface area (Å²) in [6, 6.07) is 0. The molecule has 1 saturated heterocycles. The molecule has 0 spiro atoms. The van der Waals surface area contributed by atoms with E-state index in [9.17, 15) is 8.42 Å². The lowest BCUT2D eigenvalue weighted by Crippen LogP contribution is -2.36. The van der Waals surface area contributed by atoms with Crippen molar-refractivity contribution in [2.45, 2.75) is 19.9 Å². The Morgan fingerprint density at radius 2 is 2.08 bits per heavy atom. The first-order valence-electron chi connectivity index (χ1n) is 8.07. The molecule has 0 saturated carbocycles. The highest BCUT2D eigenvalue weighted by Crippen LogP contribution is 2.23. The van der Waals surface area contributed by atoms with Crippen LogP contribution in [-0.2, 0) is 21.3 Å². The van der Waals surface area contributed by atoms with E-state index >= 15 is 0 Å². The fraction of sp³-hybridized carbons (Fsp3) is 0.643. The third-order valence-corrected chi connectivity index (χ3v) is 5.43. The standard InChI is InChI=1S/C14H22N6O3S/c1-2-9-24(21,22)18-3-4-20-14-12(10-17-20)13(15-11-16-14)19-5-7-23-8-6-19/h10-11,18H,2-9H2,1H3. The molecule has 132 valence electrons. The Morgan fingerprint density at radius 3 is 2.83 bits per heavy atom. The molecule has 2 aromatic heterocycles. The number of aromatic nitrogens is 4. The molecule has 1 N–H and O–H groups in total. The maximum Gasteiger partial charge on any atom is 0.211 e. The summed E-state index contributed by atoms with van der Waals surface area (Å²) in [6.45, 7) is 5.48. The highest BCUT2D eigenvalue weighted by atomic mass is 32.2. The second-order valence-corrected chi connectivity index (χ2v) is 7.54. The van der Waals surface area contributed by atoms with Gasteiger partial charge in [-0.15, -0.1) is 0 Å². The van der Waals surface area contributed by atoms with Crippen molar-refractivity contribution >= 4 is 26.9 Å². The van der Waals surface area contributed by atoms with Gasteiger partial charge in [0.25, 0.3) is 0 Å². The fourth-order valence-corrected chi connectivity index (χ4v) is 3.80. The Bertz CT molecular complexity index is 785. The fourth-order valence-electron chi connectivity index (χ4n) is 2.72. The van der Waals surface area contributed by atoms with Crippen LogP contribution in [0.25, 0.3) is 11.0 Å². The molecule has 3 heterocycles. The third kappa shape index (κ3) is 3.82. The quantitative estimate of drug-likeness (QED) is 0.746. The van der Waals surface area contributed by atoms with Gasteiger partial charge in [0, 0.05) is 19.6 Å². The third-order valence-electron chi connectivity index (χ3n) is 3.84. The van der Waals surface area contributed by atoms with Crippen molar-refractivity contribution in [3.05, 3.63) is 12.5 Å². The van der Waals surface area contributed by atoms with Crippen LogP contribution in [0.1, 0.15) is 13.3 Å². The van der Waals surface area contributed by atoms with Crippen LogP contribution in [0.5, 0.6) is 0 Å². The molecule has 0 aliphatic carbocycles. The molecule has 0 atom stereocenters. The van der Waals surface area contributed by atoms with Crippen molar-refractivity contribution in [3.63, 3.8) is 0 Å². The van der Waals surface area contributed by atoms with Crippen LogP contribution in [0.15, 0.2) is 12.5 Å². The van der Waals surface area contributed by atoms with Gasteiger partial charge < -0.3 is 9.64 Å². The van der Waals surface area contributed by atoms with E-state index in [0.717, 1.165) is 24.3 Å². The monoisotopic (exact) mass is 354 g/mol. The second kappa shape index (κ2) is 7.41. The van der Waals surface area contributed by atoms with E-state index in [2.05, 4.69) is 24.7 Å². The molecule has 0 aromatic carbocycles. The van der Waals surface area contributed by atoms with Crippen LogP contribution in [-0.4, -0.2) is 66.8 Å². The number of hydrogen-bond acceptors (Lipinski definition) is 7.